The van der Waals surface area contributed by atoms with Crippen LogP contribution < -0.4 is 9.64 Å². The zero-order valence-corrected chi connectivity index (χ0v) is 31.2. The smallest absolute Gasteiger partial charge is 0.124 e. The van der Waals surface area contributed by atoms with Crippen LogP contribution in [0.2, 0.25) is 0 Å². The van der Waals surface area contributed by atoms with E-state index < -0.39 is 0 Å². The number of methoxy groups -OCH3 is 1. The normalized spacial score (nSPS) is 20.7. The summed E-state index contributed by atoms with van der Waals surface area (Å²) in [6.07, 6.45) is 20.3. The molecule has 0 spiro atoms. The molecule has 1 aliphatic heterocycles. The minimum atomic E-state index is 0.144. The first-order valence-corrected chi connectivity index (χ1v) is 19.6. The van der Waals surface area contributed by atoms with Gasteiger partial charge in [-0.05, 0) is 130 Å². The molecule has 1 heterocycles. The van der Waals surface area contributed by atoms with Gasteiger partial charge in [0.2, 0.25) is 0 Å². The third kappa shape index (κ3) is 6.48. The van der Waals surface area contributed by atoms with Crippen LogP contribution in [0.3, 0.4) is 0 Å². The van der Waals surface area contributed by atoms with Crippen LogP contribution in [0.25, 0.3) is 38.2 Å². The molecular formula is C51H47NO2. The van der Waals surface area contributed by atoms with E-state index in [2.05, 4.69) is 176 Å². The van der Waals surface area contributed by atoms with Crippen LogP contribution in [-0.4, -0.2) is 19.8 Å². The summed E-state index contributed by atoms with van der Waals surface area (Å²) in [7, 11) is 1.77. The molecule has 3 aliphatic rings. The van der Waals surface area contributed by atoms with Gasteiger partial charge in [-0.2, -0.15) is 0 Å². The number of nitrogens with zero attached hydrogens (tertiary/aromatic N) is 1. The highest BCUT2D eigenvalue weighted by Crippen LogP contribution is 2.50. The van der Waals surface area contributed by atoms with Crippen molar-refractivity contribution in [2.24, 2.45) is 11.8 Å². The molecular weight excluding hydrogens is 659 g/mol. The molecule has 3 nitrogen and oxygen atoms in total. The number of ether oxygens (including phenoxy) is 2. The molecule has 0 saturated carbocycles. The Bertz CT molecular complexity index is 2430. The molecule has 0 aromatic heterocycles. The summed E-state index contributed by atoms with van der Waals surface area (Å²) in [5.41, 5.74) is 9.64. The van der Waals surface area contributed by atoms with Gasteiger partial charge in [-0.15, -0.1) is 0 Å². The van der Waals surface area contributed by atoms with Gasteiger partial charge in [-0.1, -0.05) is 128 Å². The minimum Gasteiger partial charge on any atom is -0.493 e. The molecule has 3 heteroatoms. The molecule has 4 atom stereocenters. The molecule has 268 valence electrons. The van der Waals surface area contributed by atoms with Crippen LogP contribution in [-0.2, 0) is 4.74 Å². The Hall–Kier alpha value is -5.64. The van der Waals surface area contributed by atoms with Crippen molar-refractivity contribution >= 4 is 44.2 Å². The Balaban J connectivity index is 1.21. The number of hydrogen-bond donors (Lipinski definition) is 0. The molecule has 0 bridgehead atoms. The second-order valence-electron chi connectivity index (χ2n) is 14.9. The van der Waals surface area contributed by atoms with Crippen LogP contribution in [0.4, 0.5) is 17.1 Å². The summed E-state index contributed by atoms with van der Waals surface area (Å²) in [5, 5.41) is 4.94. The average Bonchev–Trinajstić information content (AvgIpc) is 3.30. The van der Waals surface area contributed by atoms with Crippen molar-refractivity contribution < 1.29 is 9.47 Å². The fraction of sp³-hybridized carbons (Fsp3) is 0.216. The number of hydrogen-bond acceptors (Lipinski definition) is 3. The van der Waals surface area contributed by atoms with Crippen molar-refractivity contribution in [2.75, 3.05) is 18.6 Å². The summed E-state index contributed by atoms with van der Waals surface area (Å²) in [6, 6.07) is 44.8. The van der Waals surface area contributed by atoms with E-state index in [1.165, 1.54) is 49.4 Å². The summed E-state index contributed by atoms with van der Waals surface area (Å²) in [6.45, 7) is 3.08. The first kappa shape index (κ1) is 34.1. The van der Waals surface area contributed by atoms with E-state index in [1.807, 2.05) is 0 Å². The zero-order chi connectivity index (χ0) is 36.4. The van der Waals surface area contributed by atoms with Gasteiger partial charge in [0, 0.05) is 29.7 Å². The first-order chi connectivity index (χ1) is 26.7. The number of allylic oxidation sites excluding steroid dienone is 6. The van der Waals surface area contributed by atoms with Crippen LogP contribution in [0.1, 0.15) is 49.7 Å². The van der Waals surface area contributed by atoms with E-state index in [1.54, 1.807) is 7.11 Å². The predicted molar refractivity (Wildman–Crippen MR) is 227 cm³/mol. The van der Waals surface area contributed by atoms with Crippen LogP contribution in [0.5, 0.6) is 5.75 Å². The lowest BCUT2D eigenvalue weighted by Crippen LogP contribution is -2.21. The van der Waals surface area contributed by atoms with E-state index in [0.29, 0.717) is 17.8 Å². The van der Waals surface area contributed by atoms with Gasteiger partial charge in [0.15, 0.2) is 0 Å². The fourth-order valence-corrected chi connectivity index (χ4v) is 9.05. The van der Waals surface area contributed by atoms with Crippen molar-refractivity contribution in [2.45, 2.75) is 44.6 Å². The minimum absolute atomic E-state index is 0.144. The van der Waals surface area contributed by atoms with E-state index in [0.717, 1.165) is 55.1 Å². The van der Waals surface area contributed by atoms with Crippen molar-refractivity contribution in [3.05, 3.63) is 175 Å². The molecule has 0 amide bonds. The zero-order valence-electron chi connectivity index (χ0n) is 31.2. The highest BCUT2D eigenvalue weighted by atomic mass is 16.5. The second kappa shape index (κ2) is 15.0. The van der Waals surface area contributed by atoms with Crippen molar-refractivity contribution in [3.63, 3.8) is 0 Å². The maximum atomic E-state index is 6.77. The van der Waals surface area contributed by atoms with E-state index in [-0.39, 0.29) is 6.10 Å². The highest BCUT2D eigenvalue weighted by molar-refractivity contribution is 6.01. The van der Waals surface area contributed by atoms with Gasteiger partial charge >= 0.3 is 0 Å². The third-order valence-electron chi connectivity index (χ3n) is 11.8. The van der Waals surface area contributed by atoms with E-state index in [9.17, 15) is 0 Å². The van der Waals surface area contributed by atoms with Crippen molar-refractivity contribution in [1.82, 2.24) is 0 Å². The standard InChI is InChI=1S/C51H47NO2/c1-3-46-47-19-8-6-13-38(47)17-11-31-54-49-34-40-15-7-9-20-48(40)50(51(46)49)41-16-10-18-43(33-41)52(44-28-23-35-12-4-5-14-39(35)32-44)42-26-21-36(22-27-42)37-24-29-45(53-2)30-25-37/h4-10,12-16,18-29,32-34,38,45-47H,3,11,17,30-31H2,1-2H3/t38?,45?,46-,47?/m1/s1. The van der Waals surface area contributed by atoms with Crippen LogP contribution in [0.15, 0.2) is 164 Å². The Morgan fingerprint density at radius 2 is 1.48 bits per heavy atom. The van der Waals surface area contributed by atoms with E-state index in [4.69, 9.17) is 9.47 Å². The maximum Gasteiger partial charge on any atom is 0.124 e. The largest absolute Gasteiger partial charge is 0.493 e. The third-order valence-corrected chi connectivity index (χ3v) is 11.8. The van der Waals surface area contributed by atoms with E-state index >= 15 is 0 Å². The second-order valence-corrected chi connectivity index (χ2v) is 14.9. The maximum absolute atomic E-state index is 6.77. The SMILES string of the molecule is CC[C@H]1c2c(cc3ccccc3c2-c2cccc(N(c3ccc(C4=CCC(OC)C=C4)cc3)c3ccc4ccccc4c3)c2)OCCCC2C=CC=CC21. The van der Waals surface area contributed by atoms with Crippen LogP contribution >= 0.6 is 0 Å². The number of fused-ring (bicyclic) bond motifs is 4. The number of anilines is 3. The Labute approximate surface area is 319 Å². The topological polar surface area (TPSA) is 21.7 Å². The summed E-state index contributed by atoms with van der Waals surface area (Å²) in [5.74, 6) is 2.28. The quantitative estimate of drug-likeness (QED) is 0.165. The Morgan fingerprint density at radius 3 is 2.30 bits per heavy atom. The van der Waals surface area contributed by atoms with Gasteiger partial charge in [0.05, 0.1) is 12.7 Å². The molecule has 0 fully saturated rings. The number of rotatable bonds is 7. The molecule has 0 N–H and O–H groups in total. The molecule has 3 unspecified atom stereocenters. The Morgan fingerprint density at radius 1 is 0.704 bits per heavy atom. The molecule has 9 rings (SSSR count). The Kier molecular flexibility index (Phi) is 9.49. The van der Waals surface area contributed by atoms with Gasteiger partial charge in [-0.25, -0.2) is 0 Å². The first-order valence-electron chi connectivity index (χ1n) is 19.6. The molecule has 2 aliphatic carbocycles. The highest BCUT2D eigenvalue weighted by Gasteiger charge is 2.33. The molecule has 54 heavy (non-hydrogen) atoms. The van der Waals surface area contributed by atoms with Crippen molar-refractivity contribution in [1.29, 1.82) is 0 Å². The summed E-state index contributed by atoms with van der Waals surface area (Å²) >= 11 is 0. The fourth-order valence-electron chi connectivity index (χ4n) is 9.05. The summed E-state index contributed by atoms with van der Waals surface area (Å²) in [4.78, 5) is 2.41. The van der Waals surface area contributed by atoms with Gasteiger partial charge in [-0.3, -0.25) is 0 Å². The monoisotopic (exact) mass is 705 g/mol. The lowest BCUT2D eigenvalue weighted by molar-refractivity contribution is 0.143. The van der Waals surface area contributed by atoms with Crippen molar-refractivity contribution in [3.8, 4) is 16.9 Å². The molecule has 6 aromatic carbocycles. The summed E-state index contributed by atoms with van der Waals surface area (Å²) < 4.78 is 12.3. The molecule has 6 aromatic rings. The molecule has 0 radical (unpaired) electrons. The van der Waals surface area contributed by atoms with Gasteiger partial charge < -0.3 is 14.4 Å². The predicted octanol–water partition coefficient (Wildman–Crippen LogP) is 13.5. The van der Waals surface area contributed by atoms with Gasteiger partial charge in [0.1, 0.15) is 5.75 Å². The number of benzene rings is 6. The molecule has 0 saturated heterocycles. The lowest BCUT2D eigenvalue weighted by atomic mass is 9.71. The average molecular weight is 706 g/mol. The van der Waals surface area contributed by atoms with Crippen LogP contribution in [0, 0.1) is 11.8 Å². The lowest BCUT2D eigenvalue weighted by Gasteiger charge is -2.33. The van der Waals surface area contributed by atoms with Gasteiger partial charge in [0.25, 0.3) is 0 Å².